The van der Waals surface area contributed by atoms with E-state index in [1.54, 1.807) is 14.2 Å². The number of nitrogens with zero attached hydrogens (tertiary/aromatic N) is 2. The van der Waals surface area contributed by atoms with Crippen molar-refractivity contribution in [2.75, 3.05) is 32.2 Å². The molecular formula is C28H32ClN3O2. The van der Waals surface area contributed by atoms with Crippen LogP contribution in [-0.2, 0) is 6.54 Å². The maximum atomic E-state index is 6.18. The van der Waals surface area contributed by atoms with Crippen molar-refractivity contribution < 1.29 is 9.47 Å². The van der Waals surface area contributed by atoms with Gasteiger partial charge in [-0.2, -0.15) is 0 Å². The summed E-state index contributed by atoms with van der Waals surface area (Å²) in [5.41, 5.74) is 5.70. The van der Waals surface area contributed by atoms with E-state index in [1.807, 2.05) is 24.4 Å². The molecule has 1 aromatic heterocycles. The second kappa shape index (κ2) is 10.2. The summed E-state index contributed by atoms with van der Waals surface area (Å²) in [6.07, 6.45) is 6.56. The second-order valence-corrected chi connectivity index (χ2v) is 9.65. The van der Waals surface area contributed by atoms with Gasteiger partial charge < -0.3 is 19.7 Å². The molecular weight excluding hydrogens is 446 g/mol. The first-order valence-electron chi connectivity index (χ1n) is 12.1. The Morgan fingerprint density at radius 3 is 2.41 bits per heavy atom. The van der Waals surface area contributed by atoms with Crippen LogP contribution in [0.15, 0.2) is 54.7 Å². The highest BCUT2D eigenvalue weighted by Gasteiger charge is 2.29. The molecule has 3 aromatic rings. The zero-order chi connectivity index (χ0) is 23.5. The third kappa shape index (κ3) is 5.01. The van der Waals surface area contributed by atoms with Crippen molar-refractivity contribution in [2.45, 2.75) is 44.2 Å². The first-order chi connectivity index (χ1) is 16.7. The number of anilines is 1. The number of ether oxygens (including phenoxy) is 2. The molecule has 1 aliphatic heterocycles. The Morgan fingerprint density at radius 2 is 1.74 bits per heavy atom. The molecule has 2 fully saturated rings. The van der Waals surface area contributed by atoms with Crippen LogP contribution < -0.4 is 19.7 Å². The minimum Gasteiger partial charge on any atom is -0.493 e. The van der Waals surface area contributed by atoms with E-state index in [9.17, 15) is 0 Å². The Kier molecular flexibility index (Phi) is 6.93. The molecule has 5 nitrogen and oxygen atoms in total. The van der Waals surface area contributed by atoms with Gasteiger partial charge in [0, 0.05) is 40.6 Å². The summed E-state index contributed by atoms with van der Waals surface area (Å²) in [6, 6.07) is 17.3. The van der Waals surface area contributed by atoms with Gasteiger partial charge in [0.05, 0.1) is 19.9 Å². The van der Waals surface area contributed by atoms with E-state index in [0.717, 1.165) is 60.3 Å². The average molecular weight is 478 g/mol. The van der Waals surface area contributed by atoms with Crippen LogP contribution >= 0.6 is 11.6 Å². The Balaban J connectivity index is 1.47. The van der Waals surface area contributed by atoms with Gasteiger partial charge in [0.15, 0.2) is 11.5 Å². The molecule has 0 atom stereocenters. The van der Waals surface area contributed by atoms with Crippen molar-refractivity contribution in [1.29, 1.82) is 0 Å². The summed E-state index contributed by atoms with van der Waals surface area (Å²) in [5, 5.41) is 4.25. The molecule has 0 amide bonds. The van der Waals surface area contributed by atoms with E-state index in [-0.39, 0.29) is 0 Å². The van der Waals surface area contributed by atoms with Gasteiger partial charge in [0.25, 0.3) is 0 Å². The van der Waals surface area contributed by atoms with Gasteiger partial charge in [-0.3, -0.25) is 4.98 Å². The average Bonchev–Trinajstić information content (AvgIpc) is 3.73. The summed E-state index contributed by atoms with van der Waals surface area (Å²) < 4.78 is 11.4. The number of halogens is 1. The molecule has 34 heavy (non-hydrogen) atoms. The number of rotatable bonds is 8. The number of hydrogen-bond donors (Lipinski definition) is 1. The lowest BCUT2D eigenvalue weighted by molar-refractivity contribution is 0.352. The summed E-state index contributed by atoms with van der Waals surface area (Å²) >= 11 is 6.18. The molecule has 0 spiro atoms. The van der Waals surface area contributed by atoms with Gasteiger partial charge in [0.2, 0.25) is 0 Å². The van der Waals surface area contributed by atoms with Gasteiger partial charge in [-0.15, -0.1) is 0 Å². The topological polar surface area (TPSA) is 46.6 Å². The van der Waals surface area contributed by atoms with Crippen molar-refractivity contribution >= 4 is 17.3 Å². The Bertz CT molecular complexity index is 1120. The first-order valence-corrected chi connectivity index (χ1v) is 12.5. The van der Waals surface area contributed by atoms with E-state index in [4.69, 9.17) is 26.1 Å². The van der Waals surface area contributed by atoms with Gasteiger partial charge >= 0.3 is 0 Å². The van der Waals surface area contributed by atoms with Crippen LogP contribution in [0, 0.1) is 0 Å². The summed E-state index contributed by atoms with van der Waals surface area (Å²) in [7, 11) is 3.42. The fourth-order valence-corrected chi connectivity index (χ4v) is 5.07. The van der Waals surface area contributed by atoms with Crippen LogP contribution in [0.3, 0.4) is 0 Å². The van der Waals surface area contributed by atoms with Crippen LogP contribution in [0.1, 0.15) is 42.7 Å². The number of pyridine rings is 1. The van der Waals surface area contributed by atoms with E-state index in [0.29, 0.717) is 12.0 Å². The van der Waals surface area contributed by atoms with Crippen LogP contribution in [0.4, 0.5) is 5.69 Å². The molecule has 1 aliphatic carbocycles. The first kappa shape index (κ1) is 23.0. The summed E-state index contributed by atoms with van der Waals surface area (Å²) in [5.74, 6) is 2.17. The third-order valence-electron chi connectivity index (χ3n) is 6.91. The normalized spacial score (nSPS) is 16.3. The SMILES string of the molecule is COc1cc(-c2cc(CN(c3ccc(Cl)cc3)C3CCNCC3)ccn2)cc(C2CC2)c1OC. The molecule has 2 aromatic carbocycles. The standard InChI is InChI=1S/C28H32ClN3O2/c1-33-27-17-21(16-25(20-3-4-20)28(27)34-2)26-15-19(9-14-31-26)18-32(24-10-12-30-13-11-24)23-7-5-22(29)6-8-23/h5-9,14-17,20,24,30H,3-4,10-13,18H2,1-2H3. The lowest BCUT2D eigenvalue weighted by Crippen LogP contribution is -2.43. The molecule has 1 saturated carbocycles. The van der Waals surface area contributed by atoms with Crippen molar-refractivity contribution in [1.82, 2.24) is 10.3 Å². The maximum absolute atomic E-state index is 6.18. The Hall–Kier alpha value is -2.76. The van der Waals surface area contributed by atoms with Crippen molar-refractivity contribution in [3.63, 3.8) is 0 Å². The van der Waals surface area contributed by atoms with Crippen LogP contribution in [-0.4, -0.2) is 38.3 Å². The van der Waals surface area contributed by atoms with Crippen molar-refractivity contribution in [3.05, 3.63) is 70.9 Å². The van der Waals surface area contributed by atoms with Gasteiger partial charge in [-0.1, -0.05) is 11.6 Å². The number of hydrogen-bond acceptors (Lipinski definition) is 5. The van der Waals surface area contributed by atoms with Crippen molar-refractivity contribution in [3.8, 4) is 22.8 Å². The van der Waals surface area contributed by atoms with Crippen molar-refractivity contribution in [2.24, 2.45) is 0 Å². The zero-order valence-electron chi connectivity index (χ0n) is 19.9. The van der Waals surface area contributed by atoms with Gasteiger partial charge in [-0.05, 0) is 98.8 Å². The van der Waals surface area contributed by atoms with Gasteiger partial charge in [-0.25, -0.2) is 0 Å². The lowest BCUT2D eigenvalue weighted by Gasteiger charge is -2.36. The molecule has 2 aliphatic rings. The monoisotopic (exact) mass is 477 g/mol. The minimum absolute atomic E-state index is 0.488. The van der Waals surface area contributed by atoms with Crippen LogP contribution in [0.25, 0.3) is 11.3 Å². The molecule has 6 heteroatoms. The van der Waals surface area contributed by atoms with Crippen LogP contribution in [0.5, 0.6) is 11.5 Å². The molecule has 1 N–H and O–H groups in total. The van der Waals surface area contributed by atoms with Crippen LogP contribution in [0.2, 0.25) is 5.02 Å². The predicted molar refractivity (Wildman–Crippen MR) is 138 cm³/mol. The fourth-order valence-electron chi connectivity index (χ4n) is 4.95. The molecule has 1 saturated heterocycles. The Labute approximate surface area is 207 Å². The fraction of sp³-hybridized carbons (Fsp3) is 0.393. The summed E-state index contributed by atoms with van der Waals surface area (Å²) in [6.45, 7) is 2.92. The quantitative estimate of drug-likeness (QED) is 0.427. The molecule has 0 radical (unpaired) electrons. The maximum Gasteiger partial charge on any atom is 0.164 e. The predicted octanol–water partition coefficient (Wildman–Crippen LogP) is 6.06. The molecule has 5 rings (SSSR count). The second-order valence-electron chi connectivity index (χ2n) is 9.21. The van der Waals surface area contributed by atoms with E-state index < -0.39 is 0 Å². The molecule has 0 bridgehead atoms. The number of piperidine rings is 1. The Morgan fingerprint density at radius 1 is 0.971 bits per heavy atom. The summed E-state index contributed by atoms with van der Waals surface area (Å²) in [4.78, 5) is 7.24. The molecule has 2 heterocycles. The smallest absolute Gasteiger partial charge is 0.164 e. The minimum atomic E-state index is 0.488. The largest absolute Gasteiger partial charge is 0.493 e. The highest BCUT2D eigenvalue weighted by Crippen LogP contribution is 2.49. The molecule has 0 unspecified atom stereocenters. The highest BCUT2D eigenvalue weighted by atomic mass is 35.5. The van der Waals surface area contributed by atoms with Gasteiger partial charge in [0.1, 0.15) is 0 Å². The number of aromatic nitrogens is 1. The zero-order valence-corrected chi connectivity index (χ0v) is 20.6. The van der Waals surface area contributed by atoms with E-state index in [1.165, 1.54) is 29.7 Å². The molecule has 178 valence electrons. The number of methoxy groups -OCH3 is 2. The number of benzene rings is 2. The third-order valence-corrected chi connectivity index (χ3v) is 7.16. The lowest BCUT2D eigenvalue weighted by atomic mass is 10.00. The van der Waals surface area contributed by atoms with E-state index in [2.05, 4.69) is 40.5 Å². The number of nitrogens with one attached hydrogen (secondary N) is 1. The highest BCUT2D eigenvalue weighted by molar-refractivity contribution is 6.30. The van der Waals surface area contributed by atoms with E-state index >= 15 is 0 Å².